The normalized spacial score (nSPS) is 12.6. The van der Waals surface area contributed by atoms with Crippen molar-refractivity contribution in [3.05, 3.63) is 52.8 Å². The van der Waals surface area contributed by atoms with Crippen LogP contribution in [0.15, 0.2) is 35.3 Å². The number of guanidine groups is 1. The number of likely N-dealkylation sites (N-methyl/N-ethyl adjacent to an activating group) is 1. The molecule has 0 spiro atoms. The molecule has 28 heavy (non-hydrogen) atoms. The maximum Gasteiger partial charge on any atom is 0.191 e. The molecule has 0 bridgehead atoms. The summed E-state index contributed by atoms with van der Waals surface area (Å²) >= 11 is 0. The van der Waals surface area contributed by atoms with Crippen molar-refractivity contribution in [1.29, 1.82) is 0 Å². The first-order valence-corrected chi connectivity index (χ1v) is 9.59. The van der Waals surface area contributed by atoms with E-state index in [0.717, 1.165) is 37.7 Å². The van der Waals surface area contributed by atoms with Crippen molar-refractivity contribution in [2.24, 2.45) is 4.99 Å². The Morgan fingerprint density at radius 2 is 1.82 bits per heavy atom. The summed E-state index contributed by atoms with van der Waals surface area (Å²) in [6, 6.07) is 11.1. The molecule has 2 aromatic rings. The van der Waals surface area contributed by atoms with E-state index in [-0.39, 0.29) is 24.0 Å². The van der Waals surface area contributed by atoms with Gasteiger partial charge in [0.25, 0.3) is 0 Å². The van der Waals surface area contributed by atoms with E-state index in [9.17, 15) is 0 Å². The topological polar surface area (TPSA) is 57.5 Å². The number of rotatable bonds is 8. The molecule has 1 unspecified atom stereocenters. The van der Waals surface area contributed by atoms with Crippen LogP contribution in [0.25, 0.3) is 0 Å². The molecule has 6 nitrogen and oxygen atoms in total. The fourth-order valence-electron chi connectivity index (χ4n) is 3.14. The number of nitrogens with one attached hydrogen (secondary N) is 2. The van der Waals surface area contributed by atoms with Crippen LogP contribution in [0.1, 0.15) is 35.0 Å². The minimum absolute atomic E-state index is 0. The van der Waals surface area contributed by atoms with Crippen molar-refractivity contribution in [3.8, 4) is 0 Å². The van der Waals surface area contributed by atoms with E-state index in [4.69, 9.17) is 0 Å². The molecule has 0 aliphatic carbocycles. The third-order valence-electron chi connectivity index (χ3n) is 4.71. The summed E-state index contributed by atoms with van der Waals surface area (Å²) in [6.07, 6.45) is 0.998. The van der Waals surface area contributed by atoms with E-state index in [0.29, 0.717) is 6.04 Å². The number of aromatic nitrogens is 2. The average Bonchev–Trinajstić information content (AvgIpc) is 2.95. The molecule has 0 amide bonds. The van der Waals surface area contributed by atoms with Crippen LogP contribution in [0.4, 0.5) is 0 Å². The number of nitrogens with zero attached hydrogens (tertiary/aromatic N) is 4. The maximum absolute atomic E-state index is 4.50. The first-order chi connectivity index (χ1) is 12.9. The minimum atomic E-state index is 0. The number of hydrogen-bond acceptors (Lipinski definition) is 3. The molecule has 1 atom stereocenters. The van der Waals surface area contributed by atoms with Gasteiger partial charge in [-0.15, -0.1) is 24.0 Å². The van der Waals surface area contributed by atoms with Crippen molar-refractivity contribution >= 4 is 29.9 Å². The van der Waals surface area contributed by atoms with Gasteiger partial charge >= 0.3 is 0 Å². The molecule has 156 valence electrons. The van der Waals surface area contributed by atoms with Gasteiger partial charge in [0.1, 0.15) is 0 Å². The van der Waals surface area contributed by atoms with Crippen LogP contribution < -0.4 is 10.6 Å². The molecule has 0 saturated heterocycles. The molecular weight excluding hydrogens is 463 g/mol. The zero-order chi connectivity index (χ0) is 19.8. The highest BCUT2D eigenvalue weighted by Gasteiger charge is 2.14. The van der Waals surface area contributed by atoms with Gasteiger partial charge in [-0.2, -0.15) is 5.10 Å². The van der Waals surface area contributed by atoms with Gasteiger partial charge < -0.3 is 15.5 Å². The highest BCUT2D eigenvalue weighted by molar-refractivity contribution is 14.0. The molecule has 1 aromatic heterocycles. The standard InChI is InChI=1S/C21H34N6.HI/c1-16-8-10-19(11-9-16)20(26(5)6)15-24-21(22-4)23-12-7-13-27-18(3)14-17(2)25-27;/h8-11,14,20H,7,12-13,15H2,1-6H3,(H2,22,23,24);1H. The second-order valence-electron chi connectivity index (χ2n) is 7.27. The Morgan fingerprint density at radius 1 is 1.14 bits per heavy atom. The Kier molecular flexibility index (Phi) is 10.5. The van der Waals surface area contributed by atoms with Crippen molar-refractivity contribution in [3.63, 3.8) is 0 Å². The van der Waals surface area contributed by atoms with Gasteiger partial charge in [-0.3, -0.25) is 9.67 Å². The fraction of sp³-hybridized carbons (Fsp3) is 0.524. The predicted octanol–water partition coefficient (Wildman–Crippen LogP) is 3.28. The quantitative estimate of drug-likeness (QED) is 0.254. The largest absolute Gasteiger partial charge is 0.356 e. The number of halogens is 1. The molecule has 1 heterocycles. The lowest BCUT2D eigenvalue weighted by Crippen LogP contribution is -2.42. The van der Waals surface area contributed by atoms with E-state index in [1.165, 1.54) is 16.8 Å². The summed E-state index contributed by atoms with van der Waals surface area (Å²) in [6.45, 7) is 8.81. The van der Waals surface area contributed by atoms with Crippen LogP contribution in [-0.4, -0.2) is 54.9 Å². The molecule has 0 radical (unpaired) electrons. The van der Waals surface area contributed by atoms with E-state index < -0.39 is 0 Å². The maximum atomic E-state index is 4.50. The number of aryl methyl sites for hydroxylation is 4. The Bertz CT molecular complexity index is 736. The summed E-state index contributed by atoms with van der Waals surface area (Å²) in [7, 11) is 6.03. The molecule has 1 aromatic carbocycles. The summed E-state index contributed by atoms with van der Waals surface area (Å²) in [5.74, 6) is 0.835. The Labute approximate surface area is 186 Å². The molecule has 0 aliphatic heterocycles. The highest BCUT2D eigenvalue weighted by Crippen LogP contribution is 2.17. The second kappa shape index (κ2) is 12.1. The van der Waals surface area contributed by atoms with Crippen LogP contribution in [-0.2, 0) is 6.54 Å². The van der Waals surface area contributed by atoms with Crippen molar-refractivity contribution in [1.82, 2.24) is 25.3 Å². The van der Waals surface area contributed by atoms with E-state index >= 15 is 0 Å². The van der Waals surface area contributed by atoms with Crippen LogP contribution >= 0.6 is 24.0 Å². The van der Waals surface area contributed by atoms with Gasteiger partial charge in [-0.25, -0.2) is 0 Å². The molecular formula is C21H35IN6. The lowest BCUT2D eigenvalue weighted by atomic mass is 10.0. The SMILES string of the molecule is CN=C(NCCCn1nc(C)cc1C)NCC(c1ccc(C)cc1)N(C)C.I. The first-order valence-electron chi connectivity index (χ1n) is 9.59. The lowest BCUT2D eigenvalue weighted by molar-refractivity contribution is 0.298. The van der Waals surface area contributed by atoms with Crippen molar-refractivity contribution < 1.29 is 0 Å². The second-order valence-corrected chi connectivity index (χ2v) is 7.27. The van der Waals surface area contributed by atoms with Crippen LogP contribution in [0.2, 0.25) is 0 Å². The summed E-state index contributed by atoms with van der Waals surface area (Å²) in [5, 5.41) is 11.4. The number of benzene rings is 1. The van der Waals surface area contributed by atoms with Gasteiger partial charge in [-0.05, 0) is 52.9 Å². The zero-order valence-electron chi connectivity index (χ0n) is 18.0. The van der Waals surface area contributed by atoms with Crippen LogP contribution in [0.5, 0.6) is 0 Å². The minimum Gasteiger partial charge on any atom is -0.356 e. The monoisotopic (exact) mass is 498 g/mol. The summed E-state index contributed by atoms with van der Waals surface area (Å²) < 4.78 is 2.06. The Morgan fingerprint density at radius 3 is 2.36 bits per heavy atom. The van der Waals surface area contributed by atoms with Gasteiger partial charge in [0.05, 0.1) is 11.7 Å². The molecule has 2 rings (SSSR count). The molecule has 0 aliphatic rings. The predicted molar refractivity (Wildman–Crippen MR) is 129 cm³/mol. The zero-order valence-corrected chi connectivity index (χ0v) is 20.3. The van der Waals surface area contributed by atoms with E-state index in [1.807, 2.05) is 14.0 Å². The number of aliphatic imine (C=N–C) groups is 1. The molecule has 7 heteroatoms. The average molecular weight is 498 g/mol. The van der Waals surface area contributed by atoms with Crippen molar-refractivity contribution in [2.45, 2.75) is 39.8 Å². The Hall–Kier alpha value is -1.61. The van der Waals surface area contributed by atoms with E-state index in [1.54, 1.807) is 0 Å². The molecule has 0 fully saturated rings. The highest BCUT2D eigenvalue weighted by atomic mass is 127. The third-order valence-corrected chi connectivity index (χ3v) is 4.71. The van der Waals surface area contributed by atoms with Gasteiger partial charge in [-0.1, -0.05) is 29.8 Å². The van der Waals surface area contributed by atoms with Crippen LogP contribution in [0, 0.1) is 20.8 Å². The smallest absolute Gasteiger partial charge is 0.191 e. The van der Waals surface area contributed by atoms with Gasteiger partial charge in [0, 0.05) is 32.4 Å². The van der Waals surface area contributed by atoms with Crippen LogP contribution in [0.3, 0.4) is 0 Å². The first kappa shape index (κ1) is 24.4. The van der Waals surface area contributed by atoms with E-state index in [2.05, 4.69) is 88.6 Å². The van der Waals surface area contributed by atoms with Gasteiger partial charge in [0.15, 0.2) is 5.96 Å². The lowest BCUT2D eigenvalue weighted by Gasteiger charge is -2.26. The summed E-state index contributed by atoms with van der Waals surface area (Å²) in [5.41, 5.74) is 4.87. The number of hydrogen-bond donors (Lipinski definition) is 2. The molecule has 2 N–H and O–H groups in total. The third kappa shape index (κ3) is 7.43. The van der Waals surface area contributed by atoms with Gasteiger partial charge in [0.2, 0.25) is 0 Å². The summed E-state index contributed by atoms with van der Waals surface area (Å²) in [4.78, 5) is 6.58. The fourth-order valence-corrected chi connectivity index (χ4v) is 3.14. The Balaban J connectivity index is 0.00000392. The van der Waals surface area contributed by atoms with Crippen molar-refractivity contribution in [2.75, 3.05) is 34.2 Å². The molecule has 0 saturated carbocycles.